The lowest BCUT2D eigenvalue weighted by atomic mass is 10.2. The van der Waals surface area contributed by atoms with Gasteiger partial charge in [0.05, 0.1) is 28.5 Å². The van der Waals surface area contributed by atoms with E-state index in [4.69, 9.17) is 32.7 Å². The average Bonchev–Trinajstić information content (AvgIpc) is 3.34. The number of rotatable bonds is 9. The highest BCUT2D eigenvalue weighted by Gasteiger charge is 2.22. The van der Waals surface area contributed by atoms with E-state index in [1.165, 1.54) is 31.0 Å². The first-order valence-electron chi connectivity index (χ1n) is 11.1. The van der Waals surface area contributed by atoms with E-state index in [2.05, 4.69) is 15.5 Å². The Morgan fingerprint density at radius 2 is 1.73 bits per heavy atom. The van der Waals surface area contributed by atoms with Crippen LogP contribution < -0.4 is 10.1 Å². The average molecular weight is 557 g/mol. The van der Waals surface area contributed by atoms with Crippen LogP contribution in [0.3, 0.4) is 0 Å². The van der Waals surface area contributed by atoms with E-state index < -0.39 is 12.1 Å². The molecule has 0 bridgehead atoms. The van der Waals surface area contributed by atoms with E-state index in [-0.39, 0.29) is 22.2 Å². The van der Waals surface area contributed by atoms with Gasteiger partial charge in [0, 0.05) is 11.4 Å². The number of hydrogen-bond donors (Lipinski definition) is 1. The number of ether oxygens (including phenoxy) is 2. The monoisotopic (exact) mass is 556 g/mol. The molecule has 4 aromatic rings. The van der Waals surface area contributed by atoms with Crippen molar-refractivity contribution in [1.82, 2.24) is 14.8 Å². The summed E-state index contributed by atoms with van der Waals surface area (Å²) in [7, 11) is 1.26. The number of amides is 1. The minimum absolute atomic E-state index is 0.0426. The first-order chi connectivity index (χ1) is 17.9. The van der Waals surface area contributed by atoms with E-state index in [9.17, 15) is 9.59 Å². The summed E-state index contributed by atoms with van der Waals surface area (Å²) < 4.78 is 12.6. The molecule has 1 aromatic heterocycles. The van der Waals surface area contributed by atoms with Gasteiger partial charge in [-0.25, -0.2) is 4.79 Å². The Balaban J connectivity index is 1.52. The smallest absolute Gasteiger partial charge is 0.339 e. The predicted molar refractivity (Wildman–Crippen MR) is 144 cm³/mol. The molecule has 0 aliphatic rings. The summed E-state index contributed by atoms with van der Waals surface area (Å²) >= 11 is 13.5. The van der Waals surface area contributed by atoms with Crippen molar-refractivity contribution in [2.45, 2.75) is 18.2 Å². The molecule has 0 aliphatic carbocycles. The first-order valence-corrected chi connectivity index (χ1v) is 12.8. The lowest BCUT2D eigenvalue weighted by Gasteiger charge is -2.17. The summed E-state index contributed by atoms with van der Waals surface area (Å²) in [5, 5.41) is 12.7. The zero-order valence-electron chi connectivity index (χ0n) is 19.9. The number of hydrogen-bond acceptors (Lipinski definition) is 7. The number of nitrogens with one attached hydrogen (secondary N) is 1. The molecule has 190 valence electrons. The molecule has 1 N–H and O–H groups in total. The number of nitrogens with zero attached hydrogens (tertiary/aromatic N) is 3. The Morgan fingerprint density at radius 3 is 2.46 bits per heavy atom. The van der Waals surface area contributed by atoms with Gasteiger partial charge in [-0.15, -0.1) is 10.2 Å². The van der Waals surface area contributed by atoms with Gasteiger partial charge in [0.25, 0.3) is 0 Å². The van der Waals surface area contributed by atoms with Crippen LogP contribution in [-0.4, -0.2) is 39.5 Å². The van der Waals surface area contributed by atoms with Crippen molar-refractivity contribution in [2.75, 3.05) is 18.2 Å². The molecule has 0 radical (unpaired) electrons. The lowest BCUT2D eigenvalue weighted by Crippen LogP contribution is -2.16. The minimum Gasteiger partial charge on any atom is -0.481 e. The van der Waals surface area contributed by atoms with Gasteiger partial charge < -0.3 is 14.8 Å². The van der Waals surface area contributed by atoms with Crippen molar-refractivity contribution in [3.8, 4) is 11.4 Å². The highest BCUT2D eigenvalue weighted by molar-refractivity contribution is 7.99. The standard InChI is InChI=1S/C26H22Cl2N4O4S/c1-16(36-22-11-7-6-10-21(22)28)24-30-31-26(32(24)18-8-4-3-5-9-18)37-15-23(33)29-17-12-13-20(27)19(14-17)25(34)35-2/h3-14,16H,15H2,1-2H3,(H,29,33). The van der Waals surface area contributed by atoms with Gasteiger partial charge >= 0.3 is 5.97 Å². The maximum atomic E-state index is 12.7. The Morgan fingerprint density at radius 1 is 1.00 bits per heavy atom. The number of anilines is 1. The molecule has 0 saturated heterocycles. The fourth-order valence-electron chi connectivity index (χ4n) is 3.44. The van der Waals surface area contributed by atoms with Gasteiger partial charge in [-0.2, -0.15) is 0 Å². The van der Waals surface area contributed by atoms with Gasteiger partial charge in [0.1, 0.15) is 5.75 Å². The molecule has 0 aliphatic heterocycles. The molecule has 1 heterocycles. The van der Waals surface area contributed by atoms with Crippen molar-refractivity contribution < 1.29 is 19.1 Å². The van der Waals surface area contributed by atoms with Crippen LogP contribution in [-0.2, 0) is 9.53 Å². The van der Waals surface area contributed by atoms with E-state index >= 15 is 0 Å². The zero-order valence-corrected chi connectivity index (χ0v) is 22.2. The Kier molecular flexibility index (Phi) is 8.70. The quantitative estimate of drug-likeness (QED) is 0.193. The van der Waals surface area contributed by atoms with Crippen molar-refractivity contribution in [1.29, 1.82) is 0 Å². The molecule has 3 aromatic carbocycles. The Bertz CT molecular complexity index is 1410. The molecule has 4 rings (SSSR count). The highest BCUT2D eigenvalue weighted by Crippen LogP contribution is 2.31. The summed E-state index contributed by atoms with van der Waals surface area (Å²) in [5.74, 6) is 0.234. The van der Waals surface area contributed by atoms with Crippen LogP contribution in [0.5, 0.6) is 5.75 Å². The number of esters is 1. The molecule has 1 amide bonds. The number of para-hydroxylation sites is 2. The second-order valence-electron chi connectivity index (χ2n) is 7.73. The largest absolute Gasteiger partial charge is 0.481 e. The van der Waals surface area contributed by atoms with Crippen LogP contribution in [0.15, 0.2) is 78.0 Å². The second-order valence-corrected chi connectivity index (χ2v) is 9.48. The predicted octanol–water partition coefficient (Wildman–Crippen LogP) is 6.23. The SMILES string of the molecule is COC(=O)c1cc(NC(=O)CSc2nnc(C(C)Oc3ccccc3Cl)n2-c2ccccc2)ccc1Cl. The summed E-state index contributed by atoms with van der Waals surface area (Å²) in [6.45, 7) is 1.85. The molecule has 11 heteroatoms. The third kappa shape index (κ3) is 6.43. The lowest BCUT2D eigenvalue weighted by molar-refractivity contribution is -0.113. The van der Waals surface area contributed by atoms with Crippen LogP contribution in [0.2, 0.25) is 10.0 Å². The van der Waals surface area contributed by atoms with Crippen LogP contribution in [0.25, 0.3) is 5.69 Å². The number of carbonyl (C=O) groups is 2. The normalized spacial score (nSPS) is 11.6. The van der Waals surface area contributed by atoms with Gasteiger partial charge in [-0.05, 0) is 49.4 Å². The molecule has 37 heavy (non-hydrogen) atoms. The summed E-state index contributed by atoms with van der Waals surface area (Å²) in [6.07, 6.45) is -0.485. The summed E-state index contributed by atoms with van der Waals surface area (Å²) in [5.41, 5.74) is 1.40. The maximum absolute atomic E-state index is 12.7. The maximum Gasteiger partial charge on any atom is 0.339 e. The van der Waals surface area contributed by atoms with E-state index in [1.807, 2.05) is 54.0 Å². The number of aromatic nitrogens is 3. The first kappa shape index (κ1) is 26.5. The third-order valence-electron chi connectivity index (χ3n) is 5.16. The topological polar surface area (TPSA) is 95.3 Å². The van der Waals surface area contributed by atoms with Gasteiger partial charge in [0.15, 0.2) is 17.1 Å². The highest BCUT2D eigenvalue weighted by atomic mass is 35.5. The fraction of sp³-hybridized carbons (Fsp3) is 0.154. The van der Waals surface area contributed by atoms with Gasteiger partial charge in [-0.1, -0.05) is 65.3 Å². The van der Waals surface area contributed by atoms with Crippen LogP contribution in [0, 0.1) is 0 Å². The third-order valence-corrected chi connectivity index (χ3v) is 6.74. The van der Waals surface area contributed by atoms with Crippen molar-refractivity contribution in [3.63, 3.8) is 0 Å². The zero-order chi connectivity index (χ0) is 26.4. The number of halogens is 2. The molecular weight excluding hydrogens is 535 g/mol. The van der Waals surface area contributed by atoms with E-state index in [1.54, 1.807) is 18.2 Å². The number of methoxy groups -OCH3 is 1. The number of carbonyl (C=O) groups excluding carboxylic acids is 2. The fourth-order valence-corrected chi connectivity index (χ4v) is 4.57. The molecule has 0 spiro atoms. The second kappa shape index (κ2) is 12.1. The minimum atomic E-state index is -0.591. The van der Waals surface area contributed by atoms with Crippen LogP contribution >= 0.6 is 35.0 Å². The molecule has 0 saturated carbocycles. The summed E-state index contributed by atoms with van der Waals surface area (Å²) in [6, 6.07) is 21.3. The van der Waals surface area contributed by atoms with Crippen LogP contribution in [0.1, 0.15) is 29.2 Å². The van der Waals surface area contributed by atoms with Crippen molar-refractivity contribution >= 4 is 52.5 Å². The summed E-state index contributed by atoms with van der Waals surface area (Å²) in [4.78, 5) is 24.6. The van der Waals surface area contributed by atoms with Crippen molar-refractivity contribution in [3.05, 3.63) is 94.2 Å². The molecule has 0 fully saturated rings. The Labute approximate surface area is 227 Å². The van der Waals surface area contributed by atoms with Gasteiger partial charge in [0.2, 0.25) is 5.91 Å². The number of thioether (sulfide) groups is 1. The molecule has 8 nitrogen and oxygen atoms in total. The van der Waals surface area contributed by atoms with E-state index in [0.717, 1.165) is 5.69 Å². The van der Waals surface area contributed by atoms with Gasteiger partial charge in [-0.3, -0.25) is 9.36 Å². The molecule has 1 atom stereocenters. The number of benzene rings is 3. The Hall–Kier alpha value is -3.53. The molecule has 1 unspecified atom stereocenters. The van der Waals surface area contributed by atoms with E-state index in [0.29, 0.717) is 27.4 Å². The van der Waals surface area contributed by atoms with Crippen molar-refractivity contribution in [2.24, 2.45) is 0 Å². The van der Waals surface area contributed by atoms with Crippen LogP contribution in [0.4, 0.5) is 5.69 Å². The molecular formula is C26H22Cl2N4O4S.